The topological polar surface area (TPSA) is 43.4 Å². The number of fused-ring (bicyclic) bond motifs is 1. The molecule has 0 aliphatic carbocycles. The number of ether oxygens (including phenoxy) is 1. The molecule has 0 aromatic heterocycles. The highest BCUT2D eigenvalue weighted by atomic mass is 16.5. The lowest BCUT2D eigenvalue weighted by atomic mass is 9.98. The fourth-order valence-corrected chi connectivity index (χ4v) is 2.02. The molecule has 0 bridgehead atoms. The van der Waals surface area contributed by atoms with Crippen LogP contribution < -0.4 is 4.74 Å². The summed E-state index contributed by atoms with van der Waals surface area (Å²) in [6.45, 7) is 1.41. The number of hydrogen-bond donors (Lipinski definition) is 0. The Bertz CT molecular complexity index is 614. The number of carbonyl (C=O) groups excluding carboxylic acids is 2. The van der Waals surface area contributed by atoms with E-state index in [-0.39, 0.29) is 18.0 Å². The minimum Gasteiger partial charge on any atom is -0.496 e. The lowest BCUT2D eigenvalue weighted by Crippen LogP contribution is -2.07. The molecule has 0 saturated carbocycles. The monoisotopic (exact) mass is 242 g/mol. The molecular formula is C15H14O3. The van der Waals surface area contributed by atoms with Gasteiger partial charge in [-0.1, -0.05) is 30.3 Å². The molecule has 0 aliphatic heterocycles. The Labute approximate surface area is 105 Å². The maximum atomic E-state index is 12.1. The van der Waals surface area contributed by atoms with E-state index in [0.717, 1.165) is 10.8 Å². The summed E-state index contributed by atoms with van der Waals surface area (Å²) in [5, 5.41) is 1.79. The fourth-order valence-electron chi connectivity index (χ4n) is 2.02. The number of Topliss-reactive ketones (excluding diaryl/α,β-unsaturated/α-hetero) is 2. The van der Waals surface area contributed by atoms with Crippen molar-refractivity contribution in [3.63, 3.8) is 0 Å². The molecule has 0 atom stereocenters. The first-order valence-corrected chi connectivity index (χ1v) is 5.72. The zero-order valence-electron chi connectivity index (χ0n) is 10.4. The van der Waals surface area contributed by atoms with Gasteiger partial charge in [-0.05, 0) is 23.8 Å². The predicted octanol–water partition coefficient (Wildman–Crippen LogP) is 3.01. The highest BCUT2D eigenvalue weighted by Crippen LogP contribution is 2.29. The molecule has 0 spiro atoms. The Kier molecular flexibility index (Phi) is 3.42. The third-order valence-electron chi connectivity index (χ3n) is 2.80. The SMILES string of the molecule is COc1ccc2ccccc2c1C(=O)CC(C)=O. The Morgan fingerprint density at radius 3 is 2.50 bits per heavy atom. The summed E-state index contributed by atoms with van der Waals surface area (Å²) in [6.07, 6.45) is -0.0929. The van der Waals surface area contributed by atoms with Gasteiger partial charge in [0.15, 0.2) is 5.78 Å². The van der Waals surface area contributed by atoms with Crippen LogP contribution in [-0.2, 0) is 4.79 Å². The molecule has 0 heterocycles. The highest BCUT2D eigenvalue weighted by Gasteiger charge is 2.17. The molecule has 0 saturated heterocycles. The van der Waals surface area contributed by atoms with E-state index >= 15 is 0 Å². The van der Waals surface area contributed by atoms with Gasteiger partial charge in [-0.15, -0.1) is 0 Å². The van der Waals surface area contributed by atoms with Gasteiger partial charge in [0.05, 0.1) is 19.1 Å². The summed E-state index contributed by atoms with van der Waals surface area (Å²) >= 11 is 0. The van der Waals surface area contributed by atoms with E-state index in [1.54, 1.807) is 6.07 Å². The maximum absolute atomic E-state index is 12.1. The molecular weight excluding hydrogens is 228 g/mol. The predicted molar refractivity (Wildman–Crippen MR) is 70.1 cm³/mol. The van der Waals surface area contributed by atoms with Gasteiger partial charge < -0.3 is 4.74 Å². The number of ketones is 2. The van der Waals surface area contributed by atoms with E-state index in [1.165, 1.54) is 14.0 Å². The van der Waals surface area contributed by atoms with Gasteiger partial charge in [0.25, 0.3) is 0 Å². The number of rotatable bonds is 4. The molecule has 0 amide bonds. The van der Waals surface area contributed by atoms with Crippen LogP contribution >= 0.6 is 0 Å². The van der Waals surface area contributed by atoms with Crippen LogP contribution in [0.25, 0.3) is 10.8 Å². The second kappa shape index (κ2) is 5.00. The van der Waals surface area contributed by atoms with E-state index in [1.807, 2.05) is 30.3 Å². The first kappa shape index (κ1) is 12.3. The van der Waals surface area contributed by atoms with Crippen LogP contribution in [-0.4, -0.2) is 18.7 Å². The van der Waals surface area contributed by atoms with Crippen LogP contribution in [0.3, 0.4) is 0 Å². The summed E-state index contributed by atoms with van der Waals surface area (Å²) in [6, 6.07) is 11.2. The zero-order valence-corrected chi connectivity index (χ0v) is 10.4. The van der Waals surface area contributed by atoms with Crippen LogP contribution in [0.4, 0.5) is 0 Å². The van der Waals surface area contributed by atoms with Crippen molar-refractivity contribution in [1.29, 1.82) is 0 Å². The van der Waals surface area contributed by atoms with Gasteiger partial charge in [-0.3, -0.25) is 9.59 Å². The second-order valence-electron chi connectivity index (χ2n) is 4.17. The molecule has 0 N–H and O–H groups in total. The molecule has 0 aliphatic rings. The minimum absolute atomic E-state index is 0.0929. The van der Waals surface area contributed by atoms with Crippen molar-refractivity contribution in [3.05, 3.63) is 42.0 Å². The average Bonchev–Trinajstić information content (AvgIpc) is 2.36. The average molecular weight is 242 g/mol. The molecule has 2 aromatic carbocycles. The maximum Gasteiger partial charge on any atom is 0.174 e. The van der Waals surface area contributed by atoms with Crippen molar-refractivity contribution in [2.45, 2.75) is 13.3 Å². The van der Waals surface area contributed by atoms with Gasteiger partial charge in [-0.25, -0.2) is 0 Å². The lowest BCUT2D eigenvalue weighted by Gasteiger charge is -2.10. The highest BCUT2D eigenvalue weighted by molar-refractivity contribution is 6.15. The number of methoxy groups -OCH3 is 1. The van der Waals surface area contributed by atoms with Gasteiger partial charge in [0, 0.05) is 0 Å². The molecule has 0 fully saturated rings. The van der Waals surface area contributed by atoms with Crippen LogP contribution in [0.5, 0.6) is 5.75 Å². The standard InChI is InChI=1S/C15H14O3/c1-10(16)9-13(17)15-12-6-4-3-5-11(12)7-8-14(15)18-2/h3-8H,9H2,1-2H3. The molecule has 0 unspecified atom stereocenters. The van der Waals surface area contributed by atoms with Gasteiger partial charge in [0.1, 0.15) is 11.5 Å². The molecule has 3 heteroatoms. The van der Waals surface area contributed by atoms with Crippen molar-refractivity contribution in [1.82, 2.24) is 0 Å². The summed E-state index contributed by atoms with van der Waals surface area (Å²) in [5.74, 6) is 0.172. The Morgan fingerprint density at radius 1 is 1.11 bits per heavy atom. The van der Waals surface area contributed by atoms with E-state index in [0.29, 0.717) is 11.3 Å². The Balaban J connectivity index is 2.64. The van der Waals surface area contributed by atoms with Gasteiger partial charge in [0.2, 0.25) is 0 Å². The first-order chi connectivity index (χ1) is 8.63. The van der Waals surface area contributed by atoms with E-state index < -0.39 is 0 Å². The largest absolute Gasteiger partial charge is 0.496 e. The fraction of sp³-hybridized carbons (Fsp3) is 0.200. The third kappa shape index (κ3) is 2.25. The number of hydrogen-bond acceptors (Lipinski definition) is 3. The Hall–Kier alpha value is -2.16. The number of carbonyl (C=O) groups is 2. The molecule has 18 heavy (non-hydrogen) atoms. The molecule has 2 rings (SSSR count). The van der Waals surface area contributed by atoms with Gasteiger partial charge in [-0.2, -0.15) is 0 Å². The summed E-state index contributed by atoms with van der Waals surface area (Å²) in [4.78, 5) is 23.2. The van der Waals surface area contributed by atoms with Gasteiger partial charge >= 0.3 is 0 Å². The van der Waals surface area contributed by atoms with Crippen molar-refractivity contribution in [3.8, 4) is 5.75 Å². The van der Waals surface area contributed by atoms with Crippen LogP contribution in [0.15, 0.2) is 36.4 Å². The minimum atomic E-state index is -0.198. The van der Waals surface area contributed by atoms with Crippen molar-refractivity contribution < 1.29 is 14.3 Å². The summed E-state index contributed by atoms with van der Waals surface area (Å²) < 4.78 is 5.22. The second-order valence-corrected chi connectivity index (χ2v) is 4.17. The van der Waals surface area contributed by atoms with Crippen molar-refractivity contribution >= 4 is 22.3 Å². The summed E-state index contributed by atoms with van der Waals surface area (Å²) in [7, 11) is 1.52. The lowest BCUT2D eigenvalue weighted by molar-refractivity contribution is -0.116. The Morgan fingerprint density at radius 2 is 1.83 bits per heavy atom. The number of benzene rings is 2. The zero-order chi connectivity index (χ0) is 13.1. The first-order valence-electron chi connectivity index (χ1n) is 5.72. The van der Waals surface area contributed by atoms with Crippen molar-refractivity contribution in [2.75, 3.05) is 7.11 Å². The van der Waals surface area contributed by atoms with Crippen LogP contribution in [0.2, 0.25) is 0 Å². The van der Waals surface area contributed by atoms with E-state index in [9.17, 15) is 9.59 Å². The van der Waals surface area contributed by atoms with E-state index in [2.05, 4.69) is 0 Å². The molecule has 3 nitrogen and oxygen atoms in total. The van der Waals surface area contributed by atoms with Crippen LogP contribution in [0.1, 0.15) is 23.7 Å². The molecule has 0 radical (unpaired) electrons. The van der Waals surface area contributed by atoms with Crippen LogP contribution in [0, 0.1) is 0 Å². The summed E-state index contributed by atoms with van der Waals surface area (Å²) in [5.41, 5.74) is 0.491. The van der Waals surface area contributed by atoms with E-state index in [4.69, 9.17) is 4.74 Å². The quantitative estimate of drug-likeness (QED) is 0.611. The smallest absolute Gasteiger partial charge is 0.174 e. The molecule has 2 aromatic rings. The molecule has 92 valence electrons. The van der Waals surface area contributed by atoms with Crippen molar-refractivity contribution in [2.24, 2.45) is 0 Å². The third-order valence-corrected chi connectivity index (χ3v) is 2.80. The normalized spacial score (nSPS) is 10.3.